The second kappa shape index (κ2) is 4.73. The molecule has 0 unspecified atom stereocenters. The standard InChI is InChI=1S/C15H10F2N2O2/c1-8-2-9(6-18-5-8)7-19-13-4-12(17)11(16)3-10(13)14(20)15(19)21/h2-6H,7H2,1H3. The fourth-order valence-electron chi connectivity index (χ4n) is 2.33. The van der Waals surface area contributed by atoms with Crippen molar-refractivity contribution >= 4 is 17.4 Å². The first-order chi connectivity index (χ1) is 9.97. The van der Waals surface area contributed by atoms with E-state index in [0.717, 1.165) is 22.6 Å². The number of Topliss-reactive ketones (excluding diaryl/α,β-unsaturated/α-hetero) is 1. The molecule has 21 heavy (non-hydrogen) atoms. The van der Waals surface area contributed by atoms with Gasteiger partial charge in [0, 0.05) is 18.5 Å². The molecule has 0 radical (unpaired) electrons. The van der Waals surface area contributed by atoms with E-state index in [0.29, 0.717) is 5.56 Å². The van der Waals surface area contributed by atoms with E-state index in [1.807, 2.05) is 13.0 Å². The Morgan fingerprint density at radius 2 is 1.81 bits per heavy atom. The van der Waals surface area contributed by atoms with Crippen molar-refractivity contribution in [2.75, 3.05) is 4.90 Å². The van der Waals surface area contributed by atoms with Crippen molar-refractivity contribution in [3.8, 4) is 0 Å². The molecule has 0 atom stereocenters. The van der Waals surface area contributed by atoms with Crippen LogP contribution in [0.5, 0.6) is 0 Å². The smallest absolute Gasteiger partial charge is 0.299 e. The minimum Gasteiger partial charge on any atom is -0.300 e. The number of fused-ring (bicyclic) bond motifs is 1. The van der Waals surface area contributed by atoms with Gasteiger partial charge >= 0.3 is 0 Å². The minimum atomic E-state index is -1.14. The summed E-state index contributed by atoms with van der Waals surface area (Å²) in [6.07, 6.45) is 3.21. The van der Waals surface area contributed by atoms with Gasteiger partial charge in [-0.1, -0.05) is 6.07 Å². The van der Waals surface area contributed by atoms with Gasteiger partial charge in [-0.15, -0.1) is 0 Å². The zero-order valence-corrected chi connectivity index (χ0v) is 11.1. The van der Waals surface area contributed by atoms with E-state index in [-0.39, 0.29) is 17.8 Å². The topological polar surface area (TPSA) is 50.3 Å². The van der Waals surface area contributed by atoms with E-state index in [1.54, 1.807) is 12.4 Å². The fourth-order valence-corrected chi connectivity index (χ4v) is 2.33. The van der Waals surface area contributed by atoms with Crippen molar-refractivity contribution in [3.05, 3.63) is 58.9 Å². The van der Waals surface area contributed by atoms with Gasteiger partial charge in [0.15, 0.2) is 11.6 Å². The molecule has 0 saturated carbocycles. The van der Waals surface area contributed by atoms with Gasteiger partial charge in [0.25, 0.3) is 11.7 Å². The van der Waals surface area contributed by atoms with Crippen molar-refractivity contribution in [3.63, 3.8) is 0 Å². The summed E-state index contributed by atoms with van der Waals surface area (Å²) >= 11 is 0. The Balaban J connectivity index is 2.03. The number of carbonyl (C=O) groups is 2. The van der Waals surface area contributed by atoms with Gasteiger partial charge in [-0.3, -0.25) is 14.6 Å². The Morgan fingerprint density at radius 3 is 2.52 bits per heavy atom. The number of hydrogen-bond donors (Lipinski definition) is 0. The maximum absolute atomic E-state index is 13.4. The summed E-state index contributed by atoms with van der Waals surface area (Å²) in [6, 6.07) is 3.44. The van der Waals surface area contributed by atoms with Crippen LogP contribution in [0.4, 0.5) is 14.5 Å². The number of rotatable bonds is 2. The van der Waals surface area contributed by atoms with Gasteiger partial charge < -0.3 is 4.90 Å². The minimum absolute atomic E-state index is 0.0807. The zero-order valence-electron chi connectivity index (χ0n) is 11.1. The lowest BCUT2D eigenvalue weighted by atomic mass is 10.1. The summed E-state index contributed by atoms with van der Waals surface area (Å²) in [5.41, 5.74) is 1.58. The Morgan fingerprint density at radius 1 is 1.10 bits per heavy atom. The normalized spacial score (nSPS) is 13.8. The van der Waals surface area contributed by atoms with Crippen molar-refractivity contribution in [2.45, 2.75) is 13.5 Å². The van der Waals surface area contributed by atoms with E-state index >= 15 is 0 Å². The number of ketones is 1. The Kier molecular flexibility index (Phi) is 3.01. The molecule has 106 valence electrons. The molecule has 1 aromatic carbocycles. The Bertz CT molecular complexity index is 774. The molecule has 1 aromatic heterocycles. The molecular weight excluding hydrogens is 278 g/mol. The quantitative estimate of drug-likeness (QED) is 0.797. The summed E-state index contributed by atoms with van der Waals surface area (Å²) in [5.74, 6) is -3.86. The van der Waals surface area contributed by atoms with Crippen LogP contribution < -0.4 is 4.90 Å². The highest BCUT2D eigenvalue weighted by Gasteiger charge is 2.37. The fraction of sp³-hybridized carbons (Fsp3) is 0.133. The third-order valence-corrected chi connectivity index (χ3v) is 3.29. The molecule has 3 rings (SSSR count). The van der Waals surface area contributed by atoms with Crippen LogP contribution in [0.25, 0.3) is 0 Å². The van der Waals surface area contributed by atoms with Crippen molar-refractivity contribution in [1.82, 2.24) is 4.98 Å². The molecule has 0 saturated heterocycles. The van der Waals surface area contributed by atoms with Gasteiger partial charge in [-0.2, -0.15) is 0 Å². The Hall–Kier alpha value is -2.63. The number of amides is 1. The summed E-state index contributed by atoms with van der Waals surface area (Å²) in [5, 5.41) is 0. The van der Waals surface area contributed by atoms with Crippen LogP contribution in [0.1, 0.15) is 21.5 Å². The summed E-state index contributed by atoms with van der Waals surface area (Å²) < 4.78 is 26.6. The molecule has 0 spiro atoms. The van der Waals surface area contributed by atoms with Gasteiger partial charge in [0.05, 0.1) is 17.8 Å². The zero-order chi connectivity index (χ0) is 15.1. The van der Waals surface area contributed by atoms with Crippen LogP contribution in [-0.4, -0.2) is 16.7 Å². The molecule has 0 fully saturated rings. The number of benzene rings is 1. The second-order valence-corrected chi connectivity index (χ2v) is 4.87. The van der Waals surface area contributed by atoms with E-state index < -0.39 is 23.3 Å². The number of halogens is 2. The molecule has 0 N–H and O–H groups in total. The highest BCUT2D eigenvalue weighted by molar-refractivity contribution is 6.52. The summed E-state index contributed by atoms with van der Waals surface area (Å²) in [7, 11) is 0. The van der Waals surface area contributed by atoms with E-state index in [9.17, 15) is 18.4 Å². The number of aromatic nitrogens is 1. The average Bonchev–Trinajstić information content (AvgIpc) is 2.65. The first-order valence-electron chi connectivity index (χ1n) is 6.23. The highest BCUT2D eigenvalue weighted by Crippen LogP contribution is 2.32. The van der Waals surface area contributed by atoms with E-state index in [4.69, 9.17) is 0 Å². The molecule has 4 nitrogen and oxygen atoms in total. The Labute approximate surface area is 119 Å². The van der Waals surface area contributed by atoms with Crippen molar-refractivity contribution in [1.29, 1.82) is 0 Å². The molecule has 1 aliphatic rings. The van der Waals surface area contributed by atoms with Crippen molar-refractivity contribution in [2.24, 2.45) is 0 Å². The van der Waals surface area contributed by atoms with E-state index in [1.165, 1.54) is 0 Å². The first kappa shape index (κ1) is 13.4. The van der Waals surface area contributed by atoms with Gasteiger partial charge in [-0.05, 0) is 24.1 Å². The van der Waals surface area contributed by atoms with Gasteiger partial charge in [0.2, 0.25) is 0 Å². The average molecular weight is 288 g/mol. The molecule has 0 bridgehead atoms. The number of pyridine rings is 1. The third-order valence-electron chi connectivity index (χ3n) is 3.29. The second-order valence-electron chi connectivity index (χ2n) is 4.87. The number of nitrogens with zero attached hydrogens (tertiary/aromatic N) is 2. The maximum Gasteiger partial charge on any atom is 0.299 e. The van der Waals surface area contributed by atoms with Crippen molar-refractivity contribution < 1.29 is 18.4 Å². The maximum atomic E-state index is 13.4. The van der Waals surface area contributed by atoms with Crippen LogP contribution in [0.3, 0.4) is 0 Å². The molecule has 2 heterocycles. The highest BCUT2D eigenvalue weighted by atomic mass is 19.2. The summed E-state index contributed by atoms with van der Waals surface area (Å²) in [6.45, 7) is 1.92. The molecule has 2 aromatic rings. The number of anilines is 1. The lowest BCUT2D eigenvalue weighted by Gasteiger charge is -2.16. The SMILES string of the molecule is Cc1cncc(CN2C(=O)C(=O)c3cc(F)c(F)cc32)c1. The largest absolute Gasteiger partial charge is 0.300 e. The number of hydrogen-bond acceptors (Lipinski definition) is 3. The van der Waals surface area contributed by atoms with Gasteiger partial charge in [-0.25, -0.2) is 8.78 Å². The number of carbonyl (C=O) groups excluding carboxylic acids is 2. The molecule has 1 amide bonds. The number of aryl methyl sites for hydroxylation is 1. The van der Waals surface area contributed by atoms with E-state index in [2.05, 4.69) is 4.98 Å². The van der Waals surface area contributed by atoms with Crippen LogP contribution in [0.15, 0.2) is 30.6 Å². The lowest BCUT2D eigenvalue weighted by Crippen LogP contribution is -2.29. The predicted molar refractivity (Wildman–Crippen MR) is 70.9 cm³/mol. The van der Waals surface area contributed by atoms with Crippen LogP contribution >= 0.6 is 0 Å². The third kappa shape index (κ3) is 2.18. The van der Waals surface area contributed by atoms with Crippen LogP contribution in [-0.2, 0) is 11.3 Å². The lowest BCUT2D eigenvalue weighted by molar-refractivity contribution is -0.114. The molecule has 1 aliphatic heterocycles. The van der Waals surface area contributed by atoms with Gasteiger partial charge in [0.1, 0.15) is 0 Å². The summed E-state index contributed by atoms with van der Waals surface area (Å²) in [4.78, 5) is 29.0. The monoisotopic (exact) mass is 288 g/mol. The van der Waals surface area contributed by atoms with Crippen LogP contribution in [0, 0.1) is 18.6 Å². The van der Waals surface area contributed by atoms with Crippen LogP contribution in [0.2, 0.25) is 0 Å². The molecular formula is C15H10F2N2O2. The predicted octanol–water partition coefficient (Wildman–Crippen LogP) is 2.40. The molecule has 0 aliphatic carbocycles. The molecule has 6 heteroatoms. The first-order valence-corrected chi connectivity index (χ1v) is 6.23.